The maximum atomic E-state index is 12.8. The van der Waals surface area contributed by atoms with E-state index in [1.807, 2.05) is 30.3 Å². The van der Waals surface area contributed by atoms with E-state index in [0.717, 1.165) is 15.4 Å². The van der Waals surface area contributed by atoms with Gasteiger partial charge in [0, 0.05) is 7.05 Å². The number of imide groups is 2. The van der Waals surface area contributed by atoms with Gasteiger partial charge in [-0.25, -0.2) is 9.69 Å². The van der Waals surface area contributed by atoms with Crippen molar-refractivity contribution in [2.45, 2.75) is 6.42 Å². The number of nitrogens with zero attached hydrogens (tertiary/aromatic N) is 2. The number of hydrogen-bond acceptors (Lipinski definition) is 3. The molecule has 23 heavy (non-hydrogen) atoms. The fourth-order valence-corrected chi connectivity index (χ4v) is 2.67. The van der Waals surface area contributed by atoms with Gasteiger partial charge in [-0.15, -0.1) is 0 Å². The molecule has 0 saturated carbocycles. The van der Waals surface area contributed by atoms with Crippen molar-refractivity contribution < 1.29 is 14.4 Å². The Bertz CT molecular complexity index is 743. The van der Waals surface area contributed by atoms with Gasteiger partial charge in [0.2, 0.25) is 11.8 Å². The van der Waals surface area contributed by atoms with Gasteiger partial charge in [0.15, 0.2) is 0 Å². The summed E-state index contributed by atoms with van der Waals surface area (Å²) >= 11 is 0. The van der Waals surface area contributed by atoms with E-state index in [4.69, 9.17) is 0 Å². The zero-order valence-corrected chi connectivity index (χ0v) is 12.7. The minimum atomic E-state index is -0.889. The van der Waals surface area contributed by atoms with Crippen LogP contribution in [0, 0.1) is 5.92 Å². The van der Waals surface area contributed by atoms with Crippen LogP contribution in [0.15, 0.2) is 60.7 Å². The molecule has 2 aromatic rings. The molecule has 116 valence electrons. The van der Waals surface area contributed by atoms with E-state index in [1.165, 1.54) is 7.05 Å². The molecular weight excluding hydrogens is 292 g/mol. The summed E-state index contributed by atoms with van der Waals surface area (Å²) in [4.78, 5) is 39.6. The quantitative estimate of drug-likeness (QED) is 0.819. The highest BCUT2D eigenvalue weighted by atomic mass is 16.2. The molecule has 3 rings (SSSR count). The van der Waals surface area contributed by atoms with Gasteiger partial charge < -0.3 is 0 Å². The van der Waals surface area contributed by atoms with E-state index in [1.54, 1.807) is 30.3 Å². The summed E-state index contributed by atoms with van der Waals surface area (Å²) in [6.45, 7) is 0. The van der Waals surface area contributed by atoms with Crippen LogP contribution in [-0.2, 0) is 16.0 Å². The van der Waals surface area contributed by atoms with Crippen LogP contribution in [0.2, 0.25) is 0 Å². The molecule has 1 atom stereocenters. The van der Waals surface area contributed by atoms with Crippen LogP contribution in [0.1, 0.15) is 5.56 Å². The Morgan fingerprint density at radius 3 is 2.00 bits per heavy atom. The van der Waals surface area contributed by atoms with Gasteiger partial charge in [0.25, 0.3) is 0 Å². The average Bonchev–Trinajstić information content (AvgIpc) is 2.59. The summed E-state index contributed by atoms with van der Waals surface area (Å²) in [5.41, 5.74) is 1.36. The Hall–Kier alpha value is -2.95. The first-order valence-electron chi connectivity index (χ1n) is 7.34. The molecule has 5 heteroatoms. The zero-order chi connectivity index (χ0) is 16.4. The van der Waals surface area contributed by atoms with Crippen molar-refractivity contribution in [1.82, 2.24) is 4.90 Å². The third kappa shape index (κ3) is 2.73. The summed E-state index contributed by atoms with van der Waals surface area (Å²) in [5, 5.41) is 0. The van der Waals surface area contributed by atoms with Gasteiger partial charge in [-0.1, -0.05) is 48.5 Å². The van der Waals surface area contributed by atoms with Gasteiger partial charge in [0.1, 0.15) is 5.92 Å². The van der Waals surface area contributed by atoms with Gasteiger partial charge >= 0.3 is 6.03 Å². The van der Waals surface area contributed by atoms with Gasteiger partial charge in [0.05, 0.1) is 5.69 Å². The number of amides is 4. The van der Waals surface area contributed by atoms with Crippen molar-refractivity contribution in [1.29, 1.82) is 0 Å². The maximum Gasteiger partial charge on any atom is 0.337 e. The molecule has 1 aliphatic heterocycles. The molecule has 0 bridgehead atoms. The Kier molecular flexibility index (Phi) is 3.93. The van der Waals surface area contributed by atoms with Crippen molar-refractivity contribution in [3.8, 4) is 0 Å². The number of anilines is 1. The highest BCUT2D eigenvalue weighted by Crippen LogP contribution is 2.25. The van der Waals surface area contributed by atoms with Gasteiger partial charge in [-0.3, -0.25) is 14.5 Å². The largest absolute Gasteiger partial charge is 0.337 e. The number of benzene rings is 2. The second-order valence-corrected chi connectivity index (χ2v) is 5.43. The monoisotopic (exact) mass is 308 g/mol. The van der Waals surface area contributed by atoms with E-state index in [-0.39, 0.29) is 6.42 Å². The van der Waals surface area contributed by atoms with Crippen LogP contribution in [0.5, 0.6) is 0 Å². The molecule has 1 saturated heterocycles. The van der Waals surface area contributed by atoms with E-state index in [0.29, 0.717) is 5.69 Å². The molecule has 4 amide bonds. The first-order chi connectivity index (χ1) is 11.1. The minimum absolute atomic E-state index is 0.277. The van der Waals surface area contributed by atoms with Crippen LogP contribution in [0.3, 0.4) is 0 Å². The number of hydrogen-bond donors (Lipinski definition) is 0. The third-order valence-corrected chi connectivity index (χ3v) is 3.92. The SMILES string of the molecule is CN1C(=O)C(Cc2ccccc2)C(=O)N(c2ccccc2)C1=O. The highest BCUT2D eigenvalue weighted by molar-refractivity contribution is 6.27. The van der Waals surface area contributed by atoms with Crippen molar-refractivity contribution in [3.05, 3.63) is 66.2 Å². The maximum absolute atomic E-state index is 12.8. The predicted molar refractivity (Wildman–Crippen MR) is 85.7 cm³/mol. The van der Waals surface area contributed by atoms with E-state index < -0.39 is 23.8 Å². The van der Waals surface area contributed by atoms with Crippen LogP contribution >= 0.6 is 0 Å². The minimum Gasteiger partial charge on any atom is -0.273 e. The molecule has 0 aliphatic carbocycles. The van der Waals surface area contributed by atoms with Crippen molar-refractivity contribution >= 4 is 23.5 Å². The number of carbonyl (C=O) groups is 3. The molecule has 1 aliphatic rings. The average molecular weight is 308 g/mol. The second-order valence-electron chi connectivity index (χ2n) is 5.43. The molecule has 2 aromatic carbocycles. The van der Waals surface area contributed by atoms with Crippen molar-refractivity contribution in [2.24, 2.45) is 5.92 Å². The molecule has 1 heterocycles. The van der Waals surface area contributed by atoms with Gasteiger partial charge in [-0.05, 0) is 24.1 Å². The molecule has 0 spiro atoms. The zero-order valence-electron chi connectivity index (χ0n) is 12.7. The number of urea groups is 1. The van der Waals surface area contributed by atoms with E-state index >= 15 is 0 Å². The number of rotatable bonds is 3. The van der Waals surface area contributed by atoms with Crippen LogP contribution in [0.4, 0.5) is 10.5 Å². The number of barbiturate groups is 1. The summed E-state index contributed by atoms with van der Waals surface area (Å²) in [7, 11) is 1.41. The van der Waals surface area contributed by atoms with Crippen LogP contribution in [0.25, 0.3) is 0 Å². The lowest BCUT2D eigenvalue weighted by molar-refractivity contribution is -0.140. The lowest BCUT2D eigenvalue weighted by atomic mass is 9.94. The summed E-state index contributed by atoms with van der Waals surface area (Å²) in [6, 6.07) is 17.4. The predicted octanol–water partition coefficient (Wildman–Crippen LogP) is 2.47. The Morgan fingerprint density at radius 2 is 1.39 bits per heavy atom. The summed E-state index contributed by atoms with van der Waals surface area (Å²) in [6.07, 6.45) is 0.277. The van der Waals surface area contributed by atoms with E-state index in [9.17, 15) is 14.4 Å². The molecule has 0 aromatic heterocycles. The topological polar surface area (TPSA) is 57.7 Å². The Morgan fingerprint density at radius 1 is 0.826 bits per heavy atom. The molecule has 0 N–H and O–H groups in total. The fraction of sp³-hybridized carbons (Fsp3) is 0.167. The fourth-order valence-electron chi connectivity index (χ4n) is 2.67. The highest BCUT2D eigenvalue weighted by Gasteiger charge is 2.44. The smallest absolute Gasteiger partial charge is 0.273 e. The van der Waals surface area contributed by atoms with Crippen LogP contribution in [-0.4, -0.2) is 29.8 Å². The Labute approximate surface area is 134 Å². The normalized spacial score (nSPS) is 18.5. The number of carbonyl (C=O) groups excluding carboxylic acids is 3. The first-order valence-corrected chi connectivity index (χ1v) is 7.34. The van der Waals surface area contributed by atoms with Crippen molar-refractivity contribution in [3.63, 3.8) is 0 Å². The first kappa shape index (κ1) is 15.0. The van der Waals surface area contributed by atoms with Crippen molar-refractivity contribution in [2.75, 3.05) is 11.9 Å². The standard InChI is InChI=1S/C18H16N2O3/c1-19-16(21)15(12-13-8-4-2-5-9-13)17(22)20(18(19)23)14-10-6-3-7-11-14/h2-11,15H,12H2,1H3. The lowest BCUT2D eigenvalue weighted by Gasteiger charge is -2.35. The third-order valence-electron chi connectivity index (χ3n) is 3.92. The van der Waals surface area contributed by atoms with E-state index in [2.05, 4.69) is 0 Å². The second kappa shape index (κ2) is 6.04. The molecular formula is C18H16N2O3. The lowest BCUT2D eigenvalue weighted by Crippen LogP contribution is -2.59. The van der Waals surface area contributed by atoms with Gasteiger partial charge in [-0.2, -0.15) is 0 Å². The number of para-hydroxylation sites is 1. The Balaban J connectivity index is 1.95. The summed E-state index contributed by atoms with van der Waals surface area (Å²) < 4.78 is 0. The molecule has 1 unspecified atom stereocenters. The molecule has 1 fully saturated rings. The summed E-state index contributed by atoms with van der Waals surface area (Å²) in [5.74, 6) is -1.83. The van der Waals surface area contributed by atoms with Crippen LogP contribution < -0.4 is 4.90 Å². The molecule has 5 nitrogen and oxygen atoms in total. The molecule has 0 radical (unpaired) electrons.